The van der Waals surface area contributed by atoms with E-state index in [0.29, 0.717) is 17.1 Å². The Bertz CT molecular complexity index is 718. The topological polar surface area (TPSA) is 26.3 Å². The minimum absolute atomic E-state index is 0.217. The summed E-state index contributed by atoms with van der Waals surface area (Å²) in [4.78, 5) is 11.7. The number of benzene rings is 2. The summed E-state index contributed by atoms with van der Waals surface area (Å²) >= 11 is 0. The van der Waals surface area contributed by atoms with Gasteiger partial charge in [0.15, 0.2) is 5.78 Å². The summed E-state index contributed by atoms with van der Waals surface area (Å²) < 4.78 is 19.6. The molecule has 0 bridgehead atoms. The van der Waals surface area contributed by atoms with Gasteiger partial charge in [-0.05, 0) is 75.1 Å². The lowest BCUT2D eigenvalue weighted by molar-refractivity contribution is 0.101. The Morgan fingerprint density at radius 2 is 1.62 bits per heavy atom. The molecule has 0 saturated carbocycles. The number of ketones is 1. The first kappa shape index (κ1) is 15.2. The molecular weight excluding hydrogens is 267 g/mol. The summed E-state index contributed by atoms with van der Waals surface area (Å²) in [6, 6.07) is 6.81. The van der Waals surface area contributed by atoms with Crippen LogP contribution in [0.2, 0.25) is 0 Å². The lowest BCUT2D eigenvalue weighted by Crippen LogP contribution is -2.01. The number of aryl methyl sites for hydroxylation is 3. The van der Waals surface area contributed by atoms with E-state index in [1.54, 1.807) is 13.0 Å². The fourth-order valence-electron chi connectivity index (χ4n) is 2.24. The minimum Gasteiger partial charge on any atom is -0.456 e. The molecule has 0 aliphatic carbocycles. The van der Waals surface area contributed by atoms with E-state index >= 15 is 0 Å². The van der Waals surface area contributed by atoms with Crippen LogP contribution in [0.3, 0.4) is 0 Å². The van der Waals surface area contributed by atoms with Gasteiger partial charge in [0.1, 0.15) is 17.3 Å². The maximum atomic E-state index is 13.7. The van der Waals surface area contributed by atoms with Crippen LogP contribution >= 0.6 is 0 Å². The van der Waals surface area contributed by atoms with Crippen LogP contribution in [0.15, 0.2) is 24.3 Å². The van der Waals surface area contributed by atoms with E-state index in [1.807, 2.05) is 26.8 Å². The van der Waals surface area contributed by atoms with Crippen molar-refractivity contribution in [1.82, 2.24) is 0 Å². The molecule has 0 fully saturated rings. The number of carbonyl (C=O) groups is 1. The van der Waals surface area contributed by atoms with Crippen molar-refractivity contribution in [3.63, 3.8) is 0 Å². The summed E-state index contributed by atoms with van der Waals surface area (Å²) in [5.41, 5.74) is 3.93. The molecule has 0 amide bonds. The number of carbonyl (C=O) groups excluding carboxylic acids is 1. The largest absolute Gasteiger partial charge is 0.456 e. The van der Waals surface area contributed by atoms with Crippen molar-refractivity contribution >= 4 is 5.78 Å². The van der Waals surface area contributed by atoms with Gasteiger partial charge in [-0.25, -0.2) is 4.39 Å². The van der Waals surface area contributed by atoms with E-state index in [2.05, 4.69) is 6.07 Å². The van der Waals surface area contributed by atoms with E-state index in [0.717, 1.165) is 16.7 Å². The third-order valence-corrected chi connectivity index (χ3v) is 3.62. The number of hydrogen-bond donors (Lipinski definition) is 0. The zero-order chi connectivity index (χ0) is 15.7. The highest BCUT2D eigenvalue weighted by Crippen LogP contribution is 2.32. The highest BCUT2D eigenvalue weighted by molar-refractivity contribution is 5.97. The zero-order valence-corrected chi connectivity index (χ0v) is 13.0. The lowest BCUT2D eigenvalue weighted by atomic mass is 10.0. The molecule has 2 aromatic carbocycles. The highest BCUT2D eigenvalue weighted by Gasteiger charge is 2.15. The monoisotopic (exact) mass is 286 g/mol. The second-order valence-corrected chi connectivity index (χ2v) is 5.46. The first-order chi connectivity index (χ1) is 9.79. The summed E-state index contributed by atoms with van der Waals surface area (Å²) in [5.74, 6) is 0.478. The molecule has 0 unspecified atom stereocenters. The van der Waals surface area contributed by atoms with Gasteiger partial charge in [0.25, 0.3) is 0 Å². The Morgan fingerprint density at radius 1 is 0.952 bits per heavy atom. The van der Waals surface area contributed by atoms with Crippen LogP contribution in [-0.2, 0) is 0 Å². The third kappa shape index (κ3) is 3.13. The van der Waals surface area contributed by atoms with Gasteiger partial charge >= 0.3 is 0 Å². The third-order valence-electron chi connectivity index (χ3n) is 3.62. The van der Waals surface area contributed by atoms with Crippen molar-refractivity contribution in [3.8, 4) is 11.5 Å². The smallest absolute Gasteiger partial charge is 0.163 e. The van der Waals surface area contributed by atoms with Crippen LogP contribution in [-0.4, -0.2) is 5.78 Å². The predicted molar refractivity (Wildman–Crippen MR) is 81.9 cm³/mol. The van der Waals surface area contributed by atoms with Crippen LogP contribution < -0.4 is 4.74 Å². The summed E-state index contributed by atoms with van der Waals surface area (Å²) in [6.45, 7) is 9.03. The summed E-state index contributed by atoms with van der Waals surface area (Å²) in [7, 11) is 0. The number of hydrogen-bond acceptors (Lipinski definition) is 2. The molecule has 21 heavy (non-hydrogen) atoms. The molecule has 0 aromatic heterocycles. The van der Waals surface area contributed by atoms with Crippen LogP contribution in [0.5, 0.6) is 11.5 Å². The molecule has 0 atom stereocenters. The molecular formula is C18H19FO2. The van der Waals surface area contributed by atoms with E-state index < -0.39 is 5.82 Å². The zero-order valence-electron chi connectivity index (χ0n) is 13.0. The summed E-state index contributed by atoms with van der Waals surface area (Å²) in [5, 5.41) is 0. The Kier molecular flexibility index (Phi) is 4.12. The van der Waals surface area contributed by atoms with Gasteiger partial charge < -0.3 is 4.74 Å². The van der Waals surface area contributed by atoms with Crippen LogP contribution in [0.1, 0.15) is 39.5 Å². The fraction of sp³-hybridized carbons (Fsp3) is 0.278. The van der Waals surface area contributed by atoms with Gasteiger partial charge in [-0.3, -0.25) is 4.79 Å². The minimum atomic E-state index is -0.398. The Hall–Kier alpha value is -2.16. The quantitative estimate of drug-likeness (QED) is 0.738. The van der Waals surface area contributed by atoms with Crippen molar-refractivity contribution < 1.29 is 13.9 Å². The van der Waals surface area contributed by atoms with Crippen molar-refractivity contribution in [1.29, 1.82) is 0 Å². The van der Waals surface area contributed by atoms with E-state index in [9.17, 15) is 9.18 Å². The van der Waals surface area contributed by atoms with Gasteiger partial charge in [0.2, 0.25) is 0 Å². The van der Waals surface area contributed by atoms with Crippen molar-refractivity contribution in [2.45, 2.75) is 34.6 Å². The fourth-order valence-corrected chi connectivity index (χ4v) is 2.24. The maximum absolute atomic E-state index is 13.7. The van der Waals surface area contributed by atoms with Gasteiger partial charge in [0, 0.05) is 0 Å². The molecule has 0 N–H and O–H groups in total. The van der Waals surface area contributed by atoms with Crippen molar-refractivity contribution in [2.75, 3.05) is 0 Å². The Labute approximate surface area is 124 Å². The van der Waals surface area contributed by atoms with Gasteiger partial charge in [-0.15, -0.1) is 0 Å². The number of ether oxygens (including phenoxy) is 1. The molecule has 0 heterocycles. The SMILES string of the molecule is CC(=O)c1cc(F)c(C)cc1Oc1cc(C)cc(C)c1C. The predicted octanol–water partition coefficient (Wildman–Crippen LogP) is 5.05. The number of halogens is 1. The lowest BCUT2D eigenvalue weighted by Gasteiger charge is -2.15. The second kappa shape index (κ2) is 5.68. The molecule has 0 saturated heterocycles. The molecule has 3 heteroatoms. The average Bonchev–Trinajstić information content (AvgIpc) is 2.39. The standard InChI is InChI=1S/C18H19FO2/c1-10-6-11(2)13(4)17(7-10)21-18-8-12(3)16(19)9-15(18)14(5)20/h6-9H,1-5H3. The highest BCUT2D eigenvalue weighted by atomic mass is 19.1. The first-order valence-electron chi connectivity index (χ1n) is 6.86. The first-order valence-corrected chi connectivity index (χ1v) is 6.86. The second-order valence-electron chi connectivity index (χ2n) is 5.46. The van der Waals surface area contributed by atoms with Crippen LogP contribution in [0, 0.1) is 33.5 Å². The Balaban J connectivity index is 2.54. The maximum Gasteiger partial charge on any atom is 0.163 e. The van der Waals surface area contributed by atoms with Crippen LogP contribution in [0.4, 0.5) is 4.39 Å². The summed E-state index contributed by atoms with van der Waals surface area (Å²) in [6.07, 6.45) is 0. The molecule has 2 rings (SSSR count). The molecule has 0 spiro atoms. The van der Waals surface area contributed by atoms with Crippen molar-refractivity contribution in [2.24, 2.45) is 0 Å². The van der Waals surface area contributed by atoms with Gasteiger partial charge in [-0.2, -0.15) is 0 Å². The van der Waals surface area contributed by atoms with Crippen LogP contribution in [0.25, 0.3) is 0 Å². The Morgan fingerprint density at radius 3 is 2.24 bits per heavy atom. The molecule has 0 radical (unpaired) electrons. The molecule has 2 aromatic rings. The molecule has 110 valence electrons. The van der Waals surface area contributed by atoms with E-state index in [-0.39, 0.29) is 11.3 Å². The van der Waals surface area contributed by atoms with Crippen molar-refractivity contribution in [3.05, 3.63) is 57.9 Å². The molecule has 0 aliphatic heterocycles. The molecule has 0 aliphatic rings. The van der Waals surface area contributed by atoms with E-state index in [1.165, 1.54) is 13.0 Å². The van der Waals surface area contributed by atoms with Gasteiger partial charge in [0.05, 0.1) is 5.56 Å². The number of Topliss-reactive ketones (excluding diaryl/α,β-unsaturated/α-hetero) is 1. The normalized spacial score (nSPS) is 10.6. The average molecular weight is 286 g/mol. The van der Waals surface area contributed by atoms with E-state index in [4.69, 9.17) is 4.74 Å². The number of rotatable bonds is 3. The molecule has 2 nitrogen and oxygen atoms in total. The van der Waals surface area contributed by atoms with Gasteiger partial charge in [-0.1, -0.05) is 6.07 Å².